The number of aryl methyl sites for hydroxylation is 1. The van der Waals surface area contributed by atoms with Gasteiger partial charge in [-0.2, -0.15) is 0 Å². The third kappa shape index (κ3) is 3.15. The zero-order chi connectivity index (χ0) is 11.4. The number of hydrogen-bond acceptors (Lipinski definition) is 4. The number of nitrogens with zero attached hydrogens (tertiary/aromatic N) is 3. The van der Waals surface area contributed by atoms with Crippen LogP contribution in [0.4, 0.5) is 0 Å². The first-order chi connectivity index (χ1) is 7.74. The van der Waals surface area contributed by atoms with E-state index < -0.39 is 0 Å². The van der Waals surface area contributed by atoms with Crippen LogP contribution in [0, 0.1) is 0 Å². The lowest BCUT2D eigenvalue weighted by Gasteiger charge is -2.23. The van der Waals surface area contributed by atoms with E-state index in [1.165, 1.54) is 5.57 Å². The van der Waals surface area contributed by atoms with Crippen LogP contribution in [0.25, 0.3) is 6.08 Å². The van der Waals surface area contributed by atoms with Crippen molar-refractivity contribution >= 4 is 6.08 Å². The summed E-state index contributed by atoms with van der Waals surface area (Å²) in [5.74, 6) is 0. The van der Waals surface area contributed by atoms with Crippen molar-refractivity contribution in [1.82, 2.24) is 20.3 Å². The van der Waals surface area contributed by atoms with Crippen LogP contribution in [-0.2, 0) is 11.8 Å². The van der Waals surface area contributed by atoms with Crippen LogP contribution in [0.2, 0.25) is 0 Å². The van der Waals surface area contributed by atoms with Crippen LogP contribution in [0.1, 0.15) is 19.0 Å². The van der Waals surface area contributed by atoms with Gasteiger partial charge in [0.1, 0.15) is 5.69 Å². The number of nitrogens with one attached hydrogen (secondary N) is 1. The van der Waals surface area contributed by atoms with Gasteiger partial charge < -0.3 is 10.1 Å². The highest BCUT2D eigenvalue weighted by Crippen LogP contribution is 2.10. The Morgan fingerprint density at radius 2 is 2.62 bits per heavy atom. The van der Waals surface area contributed by atoms with E-state index in [1.54, 1.807) is 4.68 Å². The number of morpholine rings is 1. The standard InChI is InChI=1S/C11H18N4O/c1-9(5-10-7-15(2)14-13-10)6-11-8-16-4-3-12-11/h5,7,11-12H,3-4,6,8H2,1-2H3. The second-order valence-electron chi connectivity index (χ2n) is 4.24. The summed E-state index contributed by atoms with van der Waals surface area (Å²) in [6, 6.07) is 0.432. The van der Waals surface area contributed by atoms with Crippen molar-refractivity contribution < 1.29 is 4.74 Å². The molecule has 0 aromatic carbocycles. The minimum absolute atomic E-state index is 0.432. The van der Waals surface area contributed by atoms with Gasteiger partial charge in [-0.3, -0.25) is 4.68 Å². The SMILES string of the molecule is CC(=Cc1cn(C)nn1)CC1COCCN1. The smallest absolute Gasteiger partial charge is 0.105 e. The Hall–Kier alpha value is -1.20. The fourth-order valence-electron chi connectivity index (χ4n) is 1.88. The van der Waals surface area contributed by atoms with E-state index in [-0.39, 0.29) is 0 Å². The molecule has 2 heterocycles. The predicted molar refractivity (Wildman–Crippen MR) is 61.9 cm³/mol. The van der Waals surface area contributed by atoms with Gasteiger partial charge >= 0.3 is 0 Å². The monoisotopic (exact) mass is 222 g/mol. The topological polar surface area (TPSA) is 52.0 Å². The van der Waals surface area contributed by atoms with Gasteiger partial charge in [-0.25, -0.2) is 0 Å². The fraction of sp³-hybridized carbons (Fsp3) is 0.636. The van der Waals surface area contributed by atoms with Crippen LogP contribution < -0.4 is 5.32 Å². The van der Waals surface area contributed by atoms with Crippen LogP contribution in [-0.4, -0.2) is 40.8 Å². The second-order valence-corrected chi connectivity index (χ2v) is 4.24. The molecule has 2 rings (SSSR count). The number of ether oxygens (including phenoxy) is 1. The third-order valence-corrected chi connectivity index (χ3v) is 2.58. The number of hydrogen-bond donors (Lipinski definition) is 1. The highest BCUT2D eigenvalue weighted by atomic mass is 16.5. The molecule has 1 aliphatic rings. The number of rotatable bonds is 3. The molecule has 1 saturated heterocycles. The van der Waals surface area contributed by atoms with Gasteiger partial charge in [-0.15, -0.1) is 5.10 Å². The molecule has 88 valence electrons. The molecule has 0 spiro atoms. The summed E-state index contributed by atoms with van der Waals surface area (Å²) in [7, 11) is 1.87. The molecule has 5 heteroatoms. The highest BCUT2D eigenvalue weighted by molar-refractivity contribution is 5.46. The lowest BCUT2D eigenvalue weighted by atomic mass is 10.1. The lowest BCUT2D eigenvalue weighted by molar-refractivity contribution is 0.0771. The third-order valence-electron chi connectivity index (χ3n) is 2.58. The molecule has 0 bridgehead atoms. The maximum atomic E-state index is 5.42. The summed E-state index contributed by atoms with van der Waals surface area (Å²) in [5, 5.41) is 11.4. The molecule has 16 heavy (non-hydrogen) atoms. The van der Waals surface area contributed by atoms with Gasteiger partial charge in [-0.05, 0) is 19.4 Å². The van der Waals surface area contributed by atoms with E-state index >= 15 is 0 Å². The van der Waals surface area contributed by atoms with E-state index in [2.05, 4.69) is 28.6 Å². The average Bonchev–Trinajstić information content (AvgIpc) is 2.65. The maximum Gasteiger partial charge on any atom is 0.105 e. The molecule has 1 aromatic heterocycles. The lowest BCUT2D eigenvalue weighted by Crippen LogP contribution is -2.41. The normalized spacial score (nSPS) is 22.4. The van der Waals surface area contributed by atoms with Gasteiger partial charge in [0.15, 0.2) is 0 Å². The summed E-state index contributed by atoms with van der Waals surface area (Å²) in [5.41, 5.74) is 2.21. The predicted octanol–water partition coefficient (Wildman–Crippen LogP) is 0.597. The maximum absolute atomic E-state index is 5.42. The van der Waals surface area contributed by atoms with Crippen molar-refractivity contribution in [3.05, 3.63) is 17.5 Å². The van der Waals surface area contributed by atoms with E-state index in [4.69, 9.17) is 4.74 Å². The molecular weight excluding hydrogens is 204 g/mol. The Balaban J connectivity index is 1.91. The Morgan fingerprint density at radius 1 is 1.75 bits per heavy atom. The molecule has 0 saturated carbocycles. The zero-order valence-electron chi connectivity index (χ0n) is 9.81. The van der Waals surface area contributed by atoms with E-state index in [0.29, 0.717) is 6.04 Å². The average molecular weight is 222 g/mol. The number of aromatic nitrogens is 3. The van der Waals surface area contributed by atoms with E-state index in [9.17, 15) is 0 Å². The van der Waals surface area contributed by atoms with Crippen LogP contribution in [0.5, 0.6) is 0 Å². The Morgan fingerprint density at radius 3 is 3.25 bits per heavy atom. The van der Waals surface area contributed by atoms with Gasteiger partial charge in [0.2, 0.25) is 0 Å². The van der Waals surface area contributed by atoms with Gasteiger partial charge in [0.25, 0.3) is 0 Å². The van der Waals surface area contributed by atoms with Crippen molar-refractivity contribution in [2.75, 3.05) is 19.8 Å². The highest BCUT2D eigenvalue weighted by Gasteiger charge is 2.13. The molecule has 1 fully saturated rings. The summed E-state index contributed by atoms with van der Waals surface area (Å²) in [6.45, 7) is 4.68. The van der Waals surface area contributed by atoms with Crippen LogP contribution >= 0.6 is 0 Å². The Labute approximate surface area is 95.5 Å². The quantitative estimate of drug-likeness (QED) is 0.813. The first-order valence-corrected chi connectivity index (χ1v) is 5.58. The molecule has 1 N–H and O–H groups in total. The van der Waals surface area contributed by atoms with E-state index in [1.807, 2.05) is 13.2 Å². The summed E-state index contributed by atoms with van der Waals surface area (Å²) in [6.07, 6.45) is 4.98. The summed E-state index contributed by atoms with van der Waals surface area (Å²) in [4.78, 5) is 0. The van der Waals surface area contributed by atoms with Crippen LogP contribution in [0.3, 0.4) is 0 Å². The van der Waals surface area contributed by atoms with Gasteiger partial charge in [0, 0.05) is 19.6 Å². The largest absolute Gasteiger partial charge is 0.379 e. The Kier molecular flexibility index (Phi) is 3.69. The molecule has 0 aliphatic carbocycles. The van der Waals surface area contributed by atoms with Crippen molar-refractivity contribution in [3.63, 3.8) is 0 Å². The van der Waals surface area contributed by atoms with Gasteiger partial charge in [0.05, 0.1) is 19.4 Å². The molecule has 0 radical (unpaired) electrons. The van der Waals surface area contributed by atoms with Crippen molar-refractivity contribution in [2.24, 2.45) is 7.05 Å². The molecule has 1 unspecified atom stereocenters. The fourth-order valence-corrected chi connectivity index (χ4v) is 1.88. The molecule has 0 amide bonds. The van der Waals surface area contributed by atoms with E-state index in [0.717, 1.165) is 31.9 Å². The minimum atomic E-state index is 0.432. The Bertz CT molecular complexity index is 366. The molecule has 1 aromatic rings. The summed E-state index contributed by atoms with van der Waals surface area (Å²) >= 11 is 0. The minimum Gasteiger partial charge on any atom is -0.379 e. The summed E-state index contributed by atoms with van der Waals surface area (Å²) < 4.78 is 7.12. The van der Waals surface area contributed by atoms with Crippen molar-refractivity contribution in [3.8, 4) is 0 Å². The molecular formula is C11H18N4O. The first kappa shape index (κ1) is 11.3. The molecule has 5 nitrogen and oxygen atoms in total. The van der Waals surface area contributed by atoms with Crippen molar-refractivity contribution in [1.29, 1.82) is 0 Å². The molecule has 1 atom stereocenters. The first-order valence-electron chi connectivity index (χ1n) is 5.58. The van der Waals surface area contributed by atoms with Gasteiger partial charge in [-0.1, -0.05) is 10.8 Å². The zero-order valence-corrected chi connectivity index (χ0v) is 9.81. The second kappa shape index (κ2) is 5.23. The van der Waals surface area contributed by atoms with Crippen molar-refractivity contribution in [2.45, 2.75) is 19.4 Å². The molecule has 1 aliphatic heterocycles. The van der Waals surface area contributed by atoms with Crippen LogP contribution in [0.15, 0.2) is 11.8 Å².